The minimum Gasteiger partial charge on any atom is -0.347 e. The first-order chi connectivity index (χ1) is 7.94. The molecular weight excluding hydrogens is 296 g/mol. The number of carbonyl (C=O) groups is 2. The van der Waals surface area contributed by atoms with Gasteiger partial charge in [-0.3, -0.25) is 9.59 Å². The maximum absolute atomic E-state index is 12.1. The van der Waals surface area contributed by atoms with E-state index in [0.717, 1.165) is 0 Å². The van der Waals surface area contributed by atoms with E-state index < -0.39 is 15.0 Å². The molecule has 0 aliphatic rings. The Hall–Kier alpha value is -0.510. The van der Waals surface area contributed by atoms with Crippen molar-refractivity contribution < 1.29 is 9.59 Å². The molecule has 0 bridgehead atoms. The van der Waals surface area contributed by atoms with Crippen LogP contribution in [0.1, 0.15) is 41.6 Å². The van der Waals surface area contributed by atoms with Crippen LogP contribution in [0.5, 0.6) is 0 Å². The molecule has 0 saturated heterocycles. The van der Waals surface area contributed by atoms with E-state index in [1.54, 1.807) is 34.0 Å². The Bertz CT molecular complexity index is 492. The van der Waals surface area contributed by atoms with Crippen LogP contribution in [0, 0.1) is 5.41 Å². The van der Waals surface area contributed by atoms with Gasteiger partial charge in [-0.05, 0) is 6.07 Å². The first-order valence-electron chi connectivity index (χ1n) is 5.27. The molecule has 0 saturated carbocycles. The van der Waals surface area contributed by atoms with Crippen LogP contribution in [0.3, 0.4) is 0 Å². The molecular formula is C12H14Cl3NO2. The fraction of sp³-hybridized carbons (Fsp3) is 0.500. The zero-order valence-corrected chi connectivity index (χ0v) is 12.8. The largest absolute Gasteiger partial charge is 0.347 e. The number of Topliss-reactive ketones (excluding diaryl/α,β-unsaturated/α-hetero) is 2. The quantitative estimate of drug-likeness (QED) is 0.615. The van der Waals surface area contributed by atoms with Crippen molar-refractivity contribution in [3.05, 3.63) is 23.5 Å². The molecule has 1 aromatic heterocycles. The predicted molar refractivity (Wildman–Crippen MR) is 73.8 cm³/mol. The van der Waals surface area contributed by atoms with E-state index in [-0.39, 0.29) is 11.5 Å². The van der Waals surface area contributed by atoms with E-state index in [9.17, 15) is 9.59 Å². The van der Waals surface area contributed by atoms with Gasteiger partial charge < -0.3 is 4.57 Å². The van der Waals surface area contributed by atoms with Crippen molar-refractivity contribution in [1.29, 1.82) is 0 Å². The summed E-state index contributed by atoms with van der Waals surface area (Å²) in [6.07, 6.45) is 1.57. The van der Waals surface area contributed by atoms with Crippen LogP contribution in [0.25, 0.3) is 0 Å². The van der Waals surface area contributed by atoms with Crippen molar-refractivity contribution >= 4 is 46.4 Å². The molecule has 0 unspecified atom stereocenters. The van der Waals surface area contributed by atoms with Crippen LogP contribution >= 0.6 is 34.8 Å². The zero-order valence-electron chi connectivity index (χ0n) is 10.6. The minimum atomic E-state index is -2.02. The number of halogens is 3. The molecule has 0 aliphatic heterocycles. The van der Waals surface area contributed by atoms with E-state index in [1.807, 2.05) is 0 Å². The van der Waals surface area contributed by atoms with Gasteiger partial charge >= 0.3 is 0 Å². The van der Waals surface area contributed by atoms with Gasteiger partial charge in [-0.15, -0.1) is 0 Å². The molecule has 0 atom stereocenters. The van der Waals surface area contributed by atoms with Gasteiger partial charge in [-0.2, -0.15) is 0 Å². The van der Waals surface area contributed by atoms with Gasteiger partial charge in [0.15, 0.2) is 5.78 Å². The third-order valence-electron chi connectivity index (χ3n) is 2.44. The molecule has 0 fully saturated rings. The minimum absolute atomic E-state index is 0.0681. The number of nitrogens with zero attached hydrogens (tertiary/aromatic N) is 1. The van der Waals surface area contributed by atoms with Crippen LogP contribution in [0.15, 0.2) is 12.3 Å². The second-order valence-corrected chi connectivity index (χ2v) is 7.41. The van der Waals surface area contributed by atoms with Crippen LogP contribution < -0.4 is 0 Å². The van der Waals surface area contributed by atoms with E-state index in [0.29, 0.717) is 5.56 Å². The summed E-state index contributed by atoms with van der Waals surface area (Å²) in [5, 5.41) is 0. The summed E-state index contributed by atoms with van der Waals surface area (Å²) in [4.78, 5) is 23.9. The summed E-state index contributed by atoms with van der Waals surface area (Å²) in [6, 6.07) is 1.46. The summed E-state index contributed by atoms with van der Waals surface area (Å²) >= 11 is 16.7. The van der Waals surface area contributed by atoms with Gasteiger partial charge in [0.1, 0.15) is 0 Å². The SMILES string of the molecule is Cn1cc(C(=O)C(C)(C)C)cc1C(=O)C(Cl)(Cl)Cl. The lowest BCUT2D eigenvalue weighted by atomic mass is 9.87. The molecule has 1 rings (SSSR count). The average molecular weight is 311 g/mol. The van der Waals surface area contributed by atoms with Crippen LogP contribution in [-0.2, 0) is 7.05 Å². The van der Waals surface area contributed by atoms with E-state index >= 15 is 0 Å². The summed E-state index contributed by atoms with van der Waals surface area (Å²) in [7, 11) is 1.63. The summed E-state index contributed by atoms with van der Waals surface area (Å²) in [6.45, 7) is 5.41. The summed E-state index contributed by atoms with van der Waals surface area (Å²) in [5.41, 5.74) is 0.104. The first-order valence-corrected chi connectivity index (χ1v) is 6.40. The maximum atomic E-state index is 12.1. The monoisotopic (exact) mass is 309 g/mol. The smallest absolute Gasteiger partial charge is 0.255 e. The van der Waals surface area contributed by atoms with Crippen molar-refractivity contribution in [1.82, 2.24) is 4.57 Å². The number of alkyl halides is 3. The number of aromatic nitrogens is 1. The number of rotatable bonds is 2. The summed E-state index contributed by atoms with van der Waals surface area (Å²) in [5.74, 6) is -0.718. The Morgan fingerprint density at radius 3 is 2.00 bits per heavy atom. The Kier molecular flexibility index (Phi) is 4.21. The molecule has 3 nitrogen and oxygen atoms in total. The molecule has 0 N–H and O–H groups in total. The fourth-order valence-electron chi connectivity index (χ4n) is 1.49. The third kappa shape index (κ3) is 3.28. The lowest BCUT2D eigenvalue weighted by Gasteiger charge is -2.14. The molecule has 18 heavy (non-hydrogen) atoms. The highest BCUT2D eigenvalue weighted by Crippen LogP contribution is 2.31. The zero-order chi connectivity index (χ0) is 14.3. The first kappa shape index (κ1) is 15.5. The number of hydrogen-bond donors (Lipinski definition) is 0. The van der Waals surface area contributed by atoms with Gasteiger partial charge in [0.05, 0.1) is 5.69 Å². The van der Waals surface area contributed by atoms with Gasteiger partial charge in [-0.1, -0.05) is 55.6 Å². The van der Waals surface area contributed by atoms with E-state index in [2.05, 4.69) is 0 Å². The van der Waals surface area contributed by atoms with Crippen LogP contribution in [0.4, 0.5) is 0 Å². The van der Waals surface area contributed by atoms with Crippen LogP contribution in [0.2, 0.25) is 0 Å². The molecule has 0 amide bonds. The maximum Gasteiger partial charge on any atom is 0.255 e. The number of ketones is 2. The Morgan fingerprint density at radius 1 is 1.11 bits per heavy atom. The Labute approximate surface area is 121 Å². The van der Waals surface area contributed by atoms with Crippen molar-refractivity contribution in [3.63, 3.8) is 0 Å². The standard InChI is InChI=1S/C12H14Cl3NO2/c1-11(2,3)9(17)7-5-8(16(4)6-7)10(18)12(13,14)15/h5-6H,1-4H3. The Balaban J connectivity index is 3.19. The van der Waals surface area contributed by atoms with Gasteiger partial charge in [0.25, 0.3) is 3.79 Å². The second kappa shape index (κ2) is 4.87. The van der Waals surface area contributed by atoms with Crippen molar-refractivity contribution in [2.24, 2.45) is 12.5 Å². The van der Waals surface area contributed by atoms with Gasteiger partial charge in [0.2, 0.25) is 5.78 Å². The summed E-state index contributed by atoms with van der Waals surface area (Å²) < 4.78 is -0.530. The molecule has 0 spiro atoms. The lowest BCUT2D eigenvalue weighted by Crippen LogP contribution is -2.21. The lowest BCUT2D eigenvalue weighted by molar-refractivity contribution is 0.0858. The molecule has 0 aliphatic carbocycles. The Morgan fingerprint density at radius 2 is 1.61 bits per heavy atom. The predicted octanol–water partition coefficient (Wildman–Crippen LogP) is 3.81. The molecule has 0 aromatic carbocycles. The number of carbonyl (C=O) groups excluding carboxylic acids is 2. The molecule has 1 heterocycles. The third-order valence-corrected chi connectivity index (χ3v) is 2.95. The average Bonchev–Trinajstić information content (AvgIpc) is 2.55. The molecule has 0 radical (unpaired) electrons. The number of aryl methyl sites for hydroxylation is 1. The van der Waals surface area contributed by atoms with E-state index in [4.69, 9.17) is 34.8 Å². The highest BCUT2D eigenvalue weighted by atomic mass is 35.6. The van der Waals surface area contributed by atoms with Crippen LogP contribution in [-0.4, -0.2) is 19.9 Å². The normalized spacial score (nSPS) is 12.6. The molecule has 6 heteroatoms. The highest BCUT2D eigenvalue weighted by molar-refractivity contribution is 6.77. The van der Waals surface area contributed by atoms with Crippen molar-refractivity contribution in [2.45, 2.75) is 24.6 Å². The van der Waals surface area contributed by atoms with Gasteiger partial charge in [0, 0.05) is 24.2 Å². The van der Waals surface area contributed by atoms with Crippen molar-refractivity contribution in [3.8, 4) is 0 Å². The molecule has 1 aromatic rings. The topological polar surface area (TPSA) is 39.1 Å². The highest BCUT2D eigenvalue weighted by Gasteiger charge is 2.34. The van der Waals surface area contributed by atoms with Crippen molar-refractivity contribution in [2.75, 3.05) is 0 Å². The molecule has 100 valence electrons. The second-order valence-electron chi connectivity index (χ2n) is 5.13. The number of hydrogen-bond acceptors (Lipinski definition) is 2. The van der Waals surface area contributed by atoms with E-state index in [1.165, 1.54) is 10.6 Å². The fourth-order valence-corrected chi connectivity index (χ4v) is 1.78. The van der Waals surface area contributed by atoms with Gasteiger partial charge in [-0.25, -0.2) is 0 Å².